The first-order valence-corrected chi connectivity index (χ1v) is 21.6. The third kappa shape index (κ3) is 36.0. The van der Waals surface area contributed by atoms with Gasteiger partial charge in [-0.15, -0.1) is 0 Å². The fourth-order valence-corrected chi connectivity index (χ4v) is 6.17. The van der Waals surface area contributed by atoms with Crippen molar-refractivity contribution in [1.29, 1.82) is 0 Å². The van der Waals surface area contributed by atoms with E-state index in [1.807, 2.05) is 0 Å². The lowest BCUT2D eigenvalue weighted by Crippen LogP contribution is -2.42. The van der Waals surface area contributed by atoms with E-state index in [1.54, 1.807) is 0 Å². The van der Waals surface area contributed by atoms with Crippen LogP contribution in [0.3, 0.4) is 0 Å². The zero-order valence-corrected chi connectivity index (χ0v) is 34.3. The van der Waals surface area contributed by atoms with Gasteiger partial charge in [-0.05, 0) is 64.2 Å². The van der Waals surface area contributed by atoms with Crippen LogP contribution in [0.15, 0.2) is 36.5 Å². The summed E-state index contributed by atoms with van der Waals surface area (Å²) < 4.78 is 0. The summed E-state index contributed by atoms with van der Waals surface area (Å²) in [7, 11) is 0. The molecule has 0 radical (unpaired) electrons. The van der Waals surface area contributed by atoms with E-state index >= 15 is 0 Å². The molecule has 2 unspecified atom stereocenters. The Kier molecular flexibility index (Phi) is 36.2. The molecule has 0 saturated carbocycles. The summed E-state index contributed by atoms with van der Waals surface area (Å²) in [6.45, 7) is 5.29. The number of carbonyl (C=O) groups is 4. The molecule has 0 heterocycles. The van der Waals surface area contributed by atoms with Crippen molar-refractivity contribution in [2.24, 2.45) is 0 Å². The fraction of sp³-hybridized carbons (Fsp3) is 0.773. The highest BCUT2D eigenvalue weighted by molar-refractivity contribution is 5.94. The summed E-state index contributed by atoms with van der Waals surface area (Å²) >= 11 is 0. The topological polar surface area (TPSA) is 156 Å². The number of hydrogen-bond donors (Lipinski definition) is 5. The molecule has 10 nitrogen and oxygen atoms in total. The number of allylic oxidation sites excluding steroid dienone is 2. The number of nitrogens with zero attached hydrogens (tertiary/aromatic N) is 1. The second kappa shape index (κ2) is 38.3. The third-order valence-corrected chi connectivity index (χ3v) is 9.57. The van der Waals surface area contributed by atoms with E-state index in [0.29, 0.717) is 12.8 Å². The Balaban J connectivity index is 4.09. The molecule has 2 atom stereocenters. The van der Waals surface area contributed by atoms with E-state index < -0.39 is 11.9 Å². The molecule has 0 aromatic heterocycles. The lowest BCUT2D eigenvalue weighted by atomic mass is 10.1. The van der Waals surface area contributed by atoms with Gasteiger partial charge in [0, 0.05) is 51.2 Å². The van der Waals surface area contributed by atoms with Gasteiger partial charge in [0.1, 0.15) is 0 Å². The Morgan fingerprint density at radius 1 is 0.537 bits per heavy atom. The Labute approximate surface area is 328 Å². The van der Waals surface area contributed by atoms with Gasteiger partial charge in [0.25, 0.3) is 0 Å². The maximum absolute atomic E-state index is 12.6. The van der Waals surface area contributed by atoms with Crippen molar-refractivity contribution in [2.75, 3.05) is 26.2 Å². The summed E-state index contributed by atoms with van der Waals surface area (Å²) in [4.78, 5) is 49.7. The highest BCUT2D eigenvalue weighted by Gasteiger charge is 2.13. The van der Waals surface area contributed by atoms with Crippen molar-refractivity contribution >= 4 is 23.7 Å². The number of carboxylic acids is 1. The largest absolute Gasteiger partial charge is 0.478 e. The van der Waals surface area contributed by atoms with Crippen LogP contribution in [0.1, 0.15) is 181 Å². The van der Waals surface area contributed by atoms with Crippen LogP contribution in [-0.4, -0.2) is 82.3 Å². The smallest absolute Gasteiger partial charge is 0.328 e. The number of aliphatic hydroxyl groups is 2. The van der Waals surface area contributed by atoms with Gasteiger partial charge in [-0.2, -0.15) is 0 Å². The molecule has 3 amide bonds. The molecular weight excluding hydrogens is 682 g/mol. The number of aliphatic carboxylic acids is 1. The average Bonchev–Trinajstić information content (AvgIpc) is 3.14. The Morgan fingerprint density at radius 2 is 0.944 bits per heavy atom. The van der Waals surface area contributed by atoms with Crippen molar-refractivity contribution in [1.82, 2.24) is 15.5 Å². The van der Waals surface area contributed by atoms with Crippen molar-refractivity contribution < 1.29 is 34.5 Å². The number of carbonyl (C=O) groups excluding carboxylic acids is 3. The molecule has 0 aliphatic rings. The van der Waals surface area contributed by atoms with Crippen LogP contribution < -0.4 is 10.6 Å². The van der Waals surface area contributed by atoms with Crippen LogP contribution in [0.2, 0.25) is 0 Å². The number of hydrogen-bond acceptors (Lipinski definition) is 6. The van der Waals surface area contributed by atoms with Crippen LogP contribution >= 0.6 is 0 Å². The number of amides is 3. The van der Waals surface area contributed by atoms with E-state index in [2.05, 4.69) is 48.8 Å². The van der Waals surface area contributed by atoms with Crippen molar-refractivity contribution in [2.45, 2.75) is 193 Å². The third-order valence-electron chi connectivity index (χ3n) is 9.57. The minimum Gasteiger partial charge on any atom is -0.478 e. The SMILES string of the molecule is CCCCCCC(O)CC=CCCCCCCCC(=O)NCCN(CCNC(=O)CCCCCCCC=CCC(O)CCCCCC)C(=O)C=CC(=O)O. The monoisotopic (exact) mass is 762 g/mol. The normalized spacial score (nSPS) is 12.8. The van der Waals surface area contributed by atoms with Crippen LogP contribution in [0.25, 0.3) is 0 Å². The van der Waals surface area contributed by atoms with Crippen LogP contribution in [0, 0.1) is 0 Å². The van der Waals surface area contributed by atoms with Gasteiger partial charge >= 0.3 is 5.97 Å². The van der Waals surface area contributed by atoms with Gasteiger partial charge in [0.15, 0.2) is 0 Å². The molecule has 0 aliphatic carbocycles. The molecule has 0 saturated heterocycles. The maximum atomic E-state index is 12.6. The lowest BCUT2D eigenvalue weighted by Gasteiger charge is -2.21. The lowest BCUT2D eigenvalue weighted by molar-refractivity contribution is -0.132. The van der Waals surface area contributed by atoms with Crippen LogP contribution in [-0.2, 0) is 19.2 Å². The molecule has 0 fully saturated rings. The van der Waals surface area contributed by atoms with Crippen LogP contribution in [0.5, 0.6) is 0 Å². The summed E-state index contributed by atoms with van der Waals surface area (Å²) in [6, 6.07) is 0. The molecule has 10 heteroatoms. The summed E-state index contributed by atoms with van der Waals surface area (Å²) in [5, 5.41) is 34.7. The summed E-state index contributed by atoms with van der Waals surface area (Å²) in [5.41, 5.74) is 0. The predicted octanol–water partition coefficient (Wildman–Crippen LogP) is 8.70. The van der Waals surface area contributed by atoms with E-state index in [1.165, 1.54) is 43.4 Å². The van der Waals surface area contributed by atoms with E-state index in [-0.39, 0.29) is 50.2 Å². The molecule has 0 aliphatic heterocycles. The van der Waals surface area contributed by atoms with Gasteiger partial charge < -0.3 is 30.9 Å². The molecule has 54 heavy (non-hydrogen) atoms. The fourth-order valence-electron chi connectivity index (χ4n) is 6.17. The molecule has 5 N–H and O–H groups in total. The predicted molar refractivity (Wildman–Crippen MR) is 221 cm³/mol. The highest BCUT2D eigenvalue weighted by Crippen LogP contribution is 2.12. The van der Waals surface area contributed by atoms with Gasteiger partial charge in [-0.25, -0.2) is 4.79 Å². The molecule has 0 spiro atoms. The summed E-state index contributed by atoms with van der Waals surface area (Å²) in [5.74, 6) is -1.85. The Bertz CT molecular complexity index is 968. The zero-order valence-electron chi connectivity index (χ0n) is 34.3. The minimum absolute atomic E-state index is 0.0761. The van der Waals surface area contributed by atoms with E-state index in [4.69, 9.17) is 5.11 Å². The van der Waals surface area contributed by atoms with Gasteiger partial charge in [0.05, 0.1) is 12.2 Å². The highest BCUT2D eigenvalue weighted by atomic mass is 16.4. The number of aliphatic hydroxyl groups excluding tert-OH is 2. The Hall–Kier alpha value is -2.98. The molecular formula is C44H79N3O7. The van der Waals surface area contributed by atoms with E-state index in [9.17, 15) is 29.4 Å². The standard InChI is InChI=1S/C44H79N3O7/c1-3-5-7-21-27-39(48)29-23-17-13-9-11-15-19-25-31-41(50)45-35-37-47(43(52)33-34-44(53)54)38-36-46-42(51)32-26-20-16-12-10-14-18-24-30-40(49)28-22-8-6-4-2/h17-18,23-24,33-34,39-40,48-49H,3-16,19-22,25-32,35-38H2,1-2H3,(H,45,50)(H,46,51)(H,53,54). The second-order valence-electron chi connectivity index (χ2n) is 14.7. The first-order chi connectivity index (χ1) is 26.2. The summed E-state index contributed by atoms with van der Waals surface area (Å²) in [6.07, 6.45) is 35.5. The average molecular weight is 762 g/mol. The first kappa shape index (κ1) is 51.0. The number of rotatable bonds is 38. The molecule has 0 rings (SSSR count). The van der Waals surface area contributed by atoms with Crippen molar-refractivity contribution in [3.05, 3.63) is 36.5 Å². The van der Waals surface area contributed by atoms with Gasteiger partial charge in [-0.3, -0.25) is 14.4 Å². The van der Waals surface area contributed by atoms with Crippen molar-refractivity contribution in [3.8, 4) is 0 Å². The second-order valence-corrected chi connectivity index (χ2v) is 14.7. The molecule has 0 aromatic rings. The molecule has 0 bridgehead atoms. The minimum atomic E-state index is -1.22. The zero-order chi connectivity index (χ0) is 39.9. The number of carboxylic acid groups (broad SMARTS) is 1. The number of nitrogens with one attached hydrogen (secondary N) is 2. The van der Waals surface area contributed by atoms with Gasteiger partial charge in [0.2, 0.25) is 17.7 Å². The Morgan fingerprint density at radius 3 is 1.37 bits per heavy atom. The van der Waals surface area contributed by atoms with Crippen LogP contribution in [0.4, 0.5) is 0 Å². The quantitative estimate of drug-likeness (QED) is 0.0239. The number of unbranched alkanes of at least 4 members (excludes halogenated alkanes) is 16. The molecule has 312 valence electrons. The van der Waals surface area contributed by atoms with E-state index in [0.717, 1.165) is 128 Å². The molecule has 0 aromatic carbocycles. The first-order valence-electron chi connectivity index (χ1n) is 21.6. The van der Waals surface area contributed by atoms with Crippen molar-refractivity contribution in [3.63, 3.8) is 0 Å². The van der Waals surface area contributed by atoms with Gasteiger partial charge in [-0.1, -0.05) is 128 Å². The maximum Gasteiger partial charge on any atom is 0.328 e.